The third-order valence-corrected chi connectivity index (χ3v) is 4.35. The van der Waals surface area contributed by atoms with Gasteiger partial charge in [0.2, 0.25) is 0 Å². The number of hydrogen-bond acceptors (Lipinski definition) is 3. The number of rotatable bonds is 2. The number of pyridine rings is 1. The fourth-order valence-electron chi connectivity index (χ4n) is 3.39. The highest BCUT2D eigenvalue weighted by atomic mass is 16.5. The van der Waals surface area contributed by atoms with E-state index in [9.17, 15) is 4.79 Å². The van der Waals surface area contributed by atoms with Gasteiger partial charge < -0.3 is 9.72 Å². The van der Waals surface area contributed by atoms with E-state index in [0.29, 0.717) is 6.54 Å². The van der Waals surface area contributed by atoms with Gasteiger partial charge >= 0.3 is 0 Å². The fourth-order valence-corrected chi connectivity index (χ4v) is 3.39. The highest BCUT2D eigenvalue weighted by Gasteiger charge is 2.23. The molecule has 4 heteroatoms. The Kier molecular flexibility index (Phi) is 4.06. The van der Waals surface area contributed by atoms with Crippen molar-refractivity contribution in [2.24, 2.45) is 0 Å². The average Bonchev–Trinajstić information content (AvgIpc) is 2.43. The van der Waals surface area contributed by atoms with E-state index < -0.39 is 0 Å². The molecule has 1 aliphatic rings. The quantitative estimate of drug-likeness (QED) is 0.927. The number of aromatic nitrogens is 1. The molecule has 0 saturated carbocycles. The van der Waals surface area contributed by atoms with Gasteiger partial charge in [-0.15, -0.1) is 0 Å². The Hall–Kier alpha value is -1.65. The third-order valence-electron chi connectivity index (χ3n) is 4.35. The van der Waals surface area contributed by atoms with Gasteiger partial charge in [0.05, 0.1) is 12.2 Å². The summed E-state index contributed by atoms with van der Waals surface area (Å²) in [5.41, 5.74) is 4.02. The van der Waals surface area contributed by atoms with E-state index in [4.69, 9.17) is 4.74 Å². The first kappa shape index (κ1) is 15.3. The van der Waals surface area contributed by atoms with Gasteiger partial charge in [0.25, 0.3) is 0 Å². The predicted octanol–water partition coefficient (Wildman–Crippen LogP) is 2.75. The molecule has 2 aromatic rings. The maximum Gasteiger partial charge on any atom is 0.194 e. The highest BCUT2D eigenvalue weighted by Crippen LogP contribution is 2.17. The number of ether oxygens (including phenoxy) is 1. The van der Waals surface area contributed by atoms with Crippen LogP contribution in [0, 0.1) is 13.8 Å². The second-order valence-corrected chi connectivity index (χ2v) is 6.56. The highest BCUT2D eigenvalue weighted by molar-refractivity contribution is 5.80. The molecule has 1 aliphatic heterocycles. The van der Waals surface area contributed by atoms with Crippen molar-refractivity contribution >= 4 is 10.9 Å². The van der Waals surface area contributed by atoms with Crippen LogP contribution in [0.15, 0.2) is 23.0 Å². The van der Waals surface area contributed by atoms with Crippen molar-refractivity contribution in [3.63, 3.8) is 0 Å². The van der Waals surface area contributed by atoms with Crippen LogP contribution in [0.5, 0.6) is 0 Å². The monoisotopic (exact) mass is 300 g/mol. The lowest BCUT2D eigenvalue weighted by Crippen LogP contribution is -2.45. The maximum absolute atomic E-state index is 12.9. The van der Waals surface area contributed by atoms with Crippen LogP contribution in [0.1, 0.15) is 30.7 Å². The molecule has 2 heterocycles. The Balaban J connectivity index is 1.98. The van der Waals surface area contributed by atoms with Gasteiger partial charge in [0, 0.05) is 41.8 Å². The predicted molar refractivity (Wildman–Crippen MR) is 89.3 cm³/mol. The molecule has 0 bridgehead atoms. The van der Waals surface area contributed by atoms with Crippen LogP contribution in [-0.2, 0) is 11.3 Å². The number of fused-ring (bicyclic) bond motifs is 1. The van der Waals surface area contributed by atoms with E-state index in [-0.39, 0.29) is 17.6 Å². The molecule has 118 valence electrons. The molecular weight excluding hydrogens is 276 g/mol. The van der Waals surface area contributed by atoms with Crippen molar-refractivity contribution < 1.29 is 4.74 Å². The third kappa shape index (κ3) is 2.94. The summed E-state index contributed by atoms with van der Waals surface area (Å²) in [5.74, 6) is 0. The minimum absolute atomic E-state index is 0.154. The molecule has 0 unspecified atom stereocenters. The van der Waals surface area contributed by atoms with Crippen LogP contribution >= 0.6 is 0 Å². The molecule has 1 saturated heterocycles. The molecule has 0 amide bonds. The number of nitrogens with zero attached hydrogens (tertiary/aromatic N) is 1. The second-order valence-electron chi connectivity index (χ2n) is 6.56. The summed E-state index contributed by atoms with van der Waals surface area (Å²) >= 11 is 0. The normalized spacial score (nSPS) is 23.1. The molecule has 0 radical (unpaired) electrons. The zero-order valence-electron chi connectivity index (χ0n) is 13.8. The van der Waals surface area contributed by atoms with Crippen LogP contribution in [0.4, 0.5) is 0 Å². The lowest BCUT2D eigenvalue weighted by atomic mass is 10.1. The van der Waals surface area contributed by atoms with E-state index in [1.165, 1.54) is 0 Å². The van der Waals surface area contributed by atoms with E-state index >= 15 is 0 Å². The maximum atomic E-state index is 12.9. The average molecular weight is 300 g/mol. The fraction of sp³-hybridized carbons (Fsp3) is 0.500. The summed E-state index contributed by atoms with van der Waals surface area (Å²) in [4.78, 5) is 18.6. The van der Waals surface area contributed by atoms with Crippen molar-refractivity contribution in [3.8, 4) is 0 Å². The smallest absolute Gasteiger partial charge is 0.194 e. The van der Waals surface area contributed by atoms with Gasteiger partial charge in [0.1, 0.15) is 0 Å². The van der Waals surface area contributed by atoms with Crippen LogP contribution in [0.25, 0.3) is 10.9 Å². The van der Waals surface area contributed by atoms with Crippen LogP contribution in [-0.4, -0.2) is 35.2 Å². The molecule has 4 nitrogen and oxygen atoms in total. The second kappa shape index (κ2) is 5.86. The summed E-state index contributed by atoms with van der Waals surface area (Å²) in [6, 6.07) is 5.99. The van der Waals surface area contributed by atoms with Crippen molar-refractivity contribution in [2.75, 3.05) is 13.1 Å². The van der Waals surface area contributed by atoms with E-state index in [0.717, 1.165) is 40.8 Å². The first-order valence-corrected chi connectivity index (χ1v) is 7.94. The van der Waals surface area contributed by atoms with Gasteiger partial charge in [-0.2, -0.15) is 0 Å². The lowest BCUT2D eigenvalue weighted by Gasteiger charge is -2.35. The number of morpholine rings is 1. The van der Waals surface area contributed by atoms with Gasteiger partial charge in [-0.3, -0.25) is 9.69 Å². The molecule has 1 fully saturated rings. The van der Waals surface area contributed by atoms with Crippen molar-refractivity contribution in [1.82, 2.24) is 9.88 Å². The van der Waals surface area contributed by atoms with Gasteiger partial charge in [-0.1, -0.05) is 11.6 Å². The SMILES string of the molecule is Cc1ccc2[nH]c(C)c(CN3C[C@@H](C)O[C@@H](C)C3)c(=O)c2c1. The molecule has 2 atom stereocenters. The summed E-state index contributed by atoms with van der Waals surface area (Å²) < 4.78 is 5.77. The minimum atomic E-state index is 0.154. The summed E-state index contributed by atoms with van der Waals surface area (Å²) in [6.07, 6.45) is 0.427. The van der Waals surface area contributed by atoms with Crippen molar-refractivity contribution in [2.45, 2.75) is 46.4 Å². The molecule has 1 aromatic carbocycles. The van der Waals surface area contributed by atoms with E-state index in [2.05, 4.69) is 23.7 Å². The molecule has 1 aromatic heterocycles. The lowest BCUT2D eigenvalue weighted by molar-refractivity contribution is -0.0706. The van der Waals surface area contributed by atoms with Gasteiger partial charge in [-0.05, 0) is 39.8 Å². The largest absolute Gasteiger partial charge is 0.373 e. The van der Waals surface area contributed by atoms with Crippen LogP contribution < -0.4 is 5.43 Å². The summed E-state index contributed by atoms with van der Waals surface area (Å²) in [5, 5.41) is 0.787. The Morgan fingerprint density at radius 1 is 1.23 bits per heavy atom. The first-order valence-electron chi connectivity index (χ1n) is 7.94. The zero-order valence-corrected chi connectivity index (χ0v) is 13.8. The topological polar surface area (TPSA) is 45.3 Å². The molecule has 3 rings (SSSR count). The molecule has 1 N–H and O–H groups in total. The summed E-state index contributed by atoms with van der Waals surface area (Å²) in [7, 11) is 0. The number of aryl methyl sites for hydroxylation is 2. The first-order chi connectivity index (χ1) is 10.4. The molecule has 0 aliphatic carbocycles. The Morgan fingerprint density at radius 3 is 2.59 bits per heavy atom. The Labute approximate surface area is 131 Å². The molecular formula is C18H24N2O2. The number of aromatic amines is 1. The Morgan fingerprint density at radius 2 is 1.91 bits per heavy atom. The van der Waals surface area contributed by atoms with E-state index in [1.807, 2.05) is 32.0 Å². The minimum Gasteiger partial charge on any atom is -0.373 e. The Bertz CT molecular complexity index is 741. The summed E-state index contributed by atoms with van der Waals surface area (Å²) in [6.45, 7) is 10.6. The van der Waals surface area contributed by atoms with Crippen molar-refractivity contribution in [3.05, 3.63) is 45.2 Å². The number of benzene rings is 1. The standard InChI is InChI=1S/C18H24N2O2/c1-11-5-6-17-15(7-11)18(21)16(14(4)19-17)10-20-8-12(2)22-13(3)9-20/h5-7,12-13H,8-10H2,1-4H3,(H,19,21)/t12-,13+. The van der Waals surface area contributed by atoms with Crippen molar-refractivity contribution in [1.29, 1.82) is 0 Å². The number of H-pyrrole nitrogens is 1. The zero-order chi connectivity index (χ0) is 15.9. The molecule has 22 heavy (non-hydrogen) atoms. The number of nitrogens with one attached hydrogen (secondary N) is 1. The van der Waals surface area contributed by atoms with Crippen LogP contribution in [0.3, 0.4) is 0 Å². The van der Waals surface area contributed by atoms with Gasteiger partial charge in [0.15, 0.2) is 5.43 Å². The van der Waals surface area contributed by atoms with E-state index in [1.54, 1.807) is 0 Å². The number of hydrogen-bond donors (Lipinski definition) is 1. The van der Waals surface area contributed by atoms with Crippen LogP contribution in [0.2, 0.25) is 0 Å². The van der Waals surface area contributed by atoms with Gasteiger partial charge in [-0.25, -0.2) is 0 Å². The molecule has 0 spiro atoms.